The van der Waals surface area contributed by atoms with Gasteiger partial charge in [0.1, 0.15) is 6.04 Å². The van der Waals surface area contributed by atoms with Crippen LogP contribution in [0.15, 0.2) is 36.7 Å². The molecule has 3 heteroatoms. The van der Waals surface area contributed by atoms with Gasteiger partial charge in [-0.15, -0.1) is 0 Å². The molecule has 0 radical (unpaired) electrons. The van der Waals surface area contributed by atoms with Crippen LogP contribution in [0.3, 0.4) is 0 Å². The molecule has 2 rings (SSSR count). The molecule has 0 aliphatic carbocycles. The van der Waals surface area contributed by atoms with Crippen LogP contribution < -0.4 is 0 Å². The van der Waals surface area contributed by atoms with Crippen LogP contribution in [0.2, 0.25) is 0 Å². The zero-order valence-corrected chi connectivity index (χ0v) is 10.3. The monoisotopic (exact) mass is 228 g/mol. The summed E-state index contributed by atoms with van der Waals surface area (Å²) in [6, 6.07) is 7.38. The molecule has 0 aliphatic heterocycles. The average molecular weight is 228 g/mol. The van der Waals surface area contributed by atoms with E-state index in [1.165, 1.54) is 0 Å². The predicted molar refractivity (Wildman–Crippen MR) is 67.2 cm³/mol. The minimum Gasteiger partial charge on any atom is -0.292 e. The number of ketones is 1. The van der Waals surface area contributed by atoms with Crippen molar-refractivity contribution in [3.63, 3.8) is 0 Å². The molecular formula is C14H16N2O. The maximum atomic E-state index is 12.2. The quantitative estimate of drug-likeness (QED) is 0.757. The average Bonchev–Trinajstić information content (AvgIpc) is 2.75. The molecular weight excluding hydrogens is 212 g/mol. The van der Waals surface area contributed by atoms with Gasteiger partial charge in [0.15, 0.2) is 5.78 Å². The molecule has 0 spiro atoms. The summed E-state index contributed by atoms with van der Waals surface area (Å²) >= 11 is 0. The first-order valence-corrected chi connectivity index (χ1v) is 5.69. The maximum absolute atomic E-state index is 12.2. The lowest BCUT2D eigenvalue weighted by Gasteiger charge is -2.11. The topological polar surface area (TPSA) is 34.9 Å². The van der Waals surface area contributed by atoms with E-state index in [1.807, 2.05) is 51.2 Å². The van der Waals surface area contributed by atoms with E-state index in [1.54, 1.807) is 10.9 Å². The van der Waals surface area contributed by atoms with E-state index in [4.69, 9.17) is 0 Å². The molecule has 0 N–H and O–H groups in total. The number of Topliss-reactive ketones (excluding diaryl/α,β-unsaturated/α-hetero) is 1. The molecule has 1 aromatic carbocycles. The fourth-order valence-corrected chi connectivity index (χ4v) is 1.72. The molecule has 2 aromatic rings. The van der Waals surface area contributed by atoms with Gasteiger partial charge in [0.05, 0.1) is 6.20 Å². The number of rotatable bonds is 3. The molecule has 17 heavy (non-hydrogen) atoms. The molecule has 1 atom stereocenters. The Bertz CT molecular complexity index is 525. The summed E-state index contributed by atoms with van der Waals surface area (Å²) in [7, 11) is 0. The van der Waals surface area contributed by atoms with E-state index in [-0.39, 0.29) is 11.8 Å². The Morgan fingerprint density at radius 3 is 2.35 bits per heavy atom. The SMILES string of the molecule is Cc1ccc(C(=O)C(C)n2cc(C)cn2)cc1. The summed E-state index contributed by atoms with van der Waals surface area (Å²) in [6.07, 6.45) is 3.65. The second-order valence-electron chi connectivity index (χ2n) is 4.40. The highest BCUT2D eigenvalue weighted by molar-refractivity contribution is 5.98. The van der Waals surface area contributed by atoms with Crippen molar-refractivity contribution in [1.29, 1.82) is 0 Å². The number of aromatic nitrogens is 2. The molecule has 1 unspecified atom stereocenters. The van der Waals surface area contributed by atoms with Crippen LogP contribution in [0.5, 0.6) is 0 Å². The Morgan fingerprint density at radius 2 is 1.82 bits per heavy atom. The summed E-state index contributed by atoms with van der Waals surface area (Å²) < 4.78 is 1.71. The van der Waals surface area contributed by atoms with Crippen molar-refractivity contribution in [2.75, 3.05) is 0 Å². The first-order valence-electron chi connectivity index (χ1n) is 5.69. The number of aryl methyl sites for hydroxylation is 2. The lowest BCUT2D eigenvalue weighted by atomic mass is 10.0. The Morgan fingerprint density at radius 1 is 1.18 bits per heavy atom. The van der Waals surface area contributed by atoms with E-state index in [0.29, 0.717) is 0 Å². The number of nitrogens with zero attached hydrogens (tertiary/aromatic N) is 2. The van der Waals surface area contributed by atoms with E-state index in [9.17, 15) is 4.79 Å². The number of hydrogen-bond acceptors (Lipinski definition) is 2. The summed E-state index contributed by atoms with van der Waals surface area (Å²) in [5, 5.41) is 4.18. The molecule has 0 bridgehead atoms. The van der Waals surface area contributed by atoms with Crippen molar-refractivity contribution in [3.05, 3.63) is 53.3 Å². The molecule has 0 aliphatic rings. The van der Waals surface area contributed by atoms with Crippen LogP contribution in [0, 0.1) is 13.8 Å². The number of carbonyl (C=O) groups excluding carboxylic acids is 1. The van der Waals surface area contributed by atoms with Gasteiger partial charge < -0.3 is 0 Å². The Kier molecular flexibility index (Phi) is 3.09. The van der Waals surface area contributed by atoms with Gasteiger partial charge in [-0.2, -0.15) is 5.10 Å². The van der Waals surface area contributed by atoms with Gasteiger partial charge in [0.2, 0.25) is 0 Å². The zero-order valence-electron chi connectivity index (χ0n) is 10.3. The zero-order chi connectivity index (χ0) is 12.4. The Balaban J connectivity index is 2.23. The van der Waals surface area contributed by atoms with Crippen molar-refractivity contribution in [2.24, 2.45) is 0 Å². The first kappa shape index (κ1) is 11.6. The van der Waals surface area contributed by atoms with Crippen LogP contribution in [0.1, 0.15) is 34.5 Å². The van der Waals surface area contributed by atoms with E-state index in [2.05, 4.69) is 5.10 Å². The van der Waals surface area contributed by atoms with Crippen LogP contribution in [0.25, 0.3) is 0 Å². The molecule has 0 saturated carbocycles. The number of benzene rings is 1. The highest BCUT2D eigenvalue weighted by atomic mass is 16.1. The third-order valence-electron chi connectivity index (χ3n) is 2.84. The summed E-state index contributed by atoms with van der Waals surface area (Å²) in [4.78, 5) is 12.2. The molecule has 0 fully saturated rings. The number of hydrogen-bond donors (Lipinski definition) is 0. The van der Waals surface area contributed by atoms with Crippen LogP contribution in [-0.4, -0.2) is 15.6 Å². The molecule has 88 valence electrons. The van der Waals surface area contributed by atoms with Crippen LogP contribution >= 0.6 is 0 Å². The van der Waals surface area contributed by atoms with Gasteiger partial charge in [0, 0.05) is 11.8 Å². The number of carbonyl (C=O) groups is 1. The van der Waals surface area contributed by atoms with E-state index < -0.39 is 0 Å². The summed E-state index contributed by atoms with van der Waals surface area (Å²) in [6.45, 7) is 5.84. The lowest BCUT2D eigenvalue weighted by Crippen LogP contribution is -2.17. The second-order valence-corrected chi connectivity index (χ2v) is 4.40. The van der Waals surface area contributed by atoms with E-state index >= 15 is 0 Å². The Hall–Kier alpha value is -1.90. The summed E-state index contributed by atoms with van der Waals surface area (Å²) in [5.41, 5.74) is 2.95. The molecule has 1 heterocycles. The highest BCUT2D eigenvalue weighted by Crippen LogP contribution is 2.14. The molecule has 3 nitrogen and oxygen atoms in total. The fourth-order valence-electron chi connectivity index (χ4n) is 1.72. The second kappa shape index (κ2) is 4.53. The molecule has 0 amide bonds. The Labute approximate surface area is 101 Å². The fraction of sp³-hybridized carbons (Fsp3) is 0.286. The van der Waals surface area contributed by atoms with Gasteiger partial charge in [-0.25, -0.2) is 0 Å². The van der Waals surface area contributed by atoms with Crippen molar-refractivity contribution in [3.8, 4) is 0 Å². The maximum Gasteiger partial charge on any atom is 0.187 e. The smallest absolute Gasteiger partial charge is 0.187 e. The minimum absolute atomic E-state index is 0.0908. The van der Waals surface area contributed by atoms with Crippen LogP contribution in [0.4, 0.5) is 0 Å². The van der Waals surface area contributed by atoms with Crippen molar-refractivity contribution < 1.29 is 4.79 Å². The lowest BCUT2D eigenvalue weighted by molar-refractivity contribution is 0.0928. The third kappa shape index (κ3) is 2.44. The first-order chi connectivity index (χ1) is 8.08. The molecule has 0 saturated heterocycles. The minimum atomic E-state index is -0.258. The third-order valence-corrected chi connectivity index (χ3v) is 2.84. The van der Waals surface area contributed by atoms with Gasteiger partial charge in [-0.3, -0.25) is 9.48 Å². The predicted octanol–water partition coefficient (Wildman–Crippen LogP) is 2.94. The van der Waals surface area contributed by atoms with Gasteiger partial charge >= 0.3 is 0 Å². The van der Waals surface area contributed by atoms with Gasteiger partial charge in [-0.05, 0) is 26.3 Å². The normalized spacial score (nSPS) is 12.4. The molecule has 1 aromatic heterocycles. The van der Waals surface area contributed by atoms with Gasteiger partial charge in [-0.1, -0.05) is 29.8 Å². The highest BCUT2D eigenvalue weighted by Gasteiger charge is 2.17. The van der Waals surface area contributed by atoms with Crippen molar-refractivity contribution >= 4 is 5.78 Å². The van der Waals surface area contributed by atoms with Crippen molar-refractivity contribution in [1.82, 2.24) is 9.78 Å². The van der Waals surface area contributed by atoms with E-state index in [0.717, 1.165) is 16.7 Å². The van der Waals surface area contributed by atoms with Crippen molar-refractivity contribution in [2.45, 2.75) is 26.8 Å². The van der Waals surface area contributed by atoms with Gasteiger partial charge in [0.25, 0.3) is 0 Å². The van der Waals surface area contributed by atoms with Crippen LogP contribution in [-0.2, 0) is 0 Å². The summed E-state index contributed by atoms with van der Waals surface area (Å²) in [5.74, 6) is 0.0908. The standard InChI is InChI=1S/C14H16N2O/c1-10-4-6-13(7-5-10)14(17)12(3)16-9-11(2)8-15-16/h4-9,12H,1-3H3. The largest absolute Gasteiger partial charge is 0.292 e.